The minimum absolute atomic E-state index is 0.0541. The normalized spacial score (nSPS) is 23.9. The largest absolute Gasteiger partial charge is 0.380 e. The number of hydrogen-bond donors (Lipinski definition) is 1. The van der Waals surface area contributed by atoms with E-state index in [1.165, 1.54) is 0 Å². The summed E-state index contributed by atoms with van der Waals surface area (Å²) in [6, 6.07) is 0.155. The molecule has 1 N–H and O–H groups in total. The van der Waals surface area contributed by atoms with E-state index < -0.39 is 0 Å². The van der Waals surface area contributed by atoms with Gasteiger partial charge in [0, 0.05) is 26.2 Å². The molecule has 0 spiro atoms. The van der Waals surface area contributed by atoms with E-state index in [1.54, 1.807) is 4.90 Å². The lowest BCUT2D eigenvalue weighted by Gasteiger charge is -2.24. The summed E-state index contributed by atoms with van der Waals surface area (Å²) in [5, 5.41) is 3.29. The molecule has 1 amide bonds. The van der Waals surface area contributed by atoms with Crippen molar-refractivity contribution in [2.24, 2.45) is 5.92 Å². The second-order valence-corrected chi connectivity index (χ2v) is 4.26. The number of hydrogen-bond acceptors (Lipinski definition) is 4. The topological polar surface area (TPSA) is 50.8 Å². The van der Waals surface area contributed by atoms with Crippen LogP contribution in [0.25, 0.3) is 0 Å². The monoisotopic (exact) mass is 244 g/mol. The number of carbonyl (C=O) groups is 1. The average Bonchev–Trinajstić information content (AvgIpc) is 2.77. The van der Waals surface area contributed by atoms with Crippen LogP contribution in [0.15, 0.2) is 0 Å². The molecule has 2 unspecified atom stereocenters. The van der Waals surface area contributed by atoms with Crippen molar-refractivity contribution in [3.05, 3.63) is 0 Å². The third-order valence-electron chi connectivity index (χ3n) is 3.02. The molecular formula is C12H24N2O3. The highest BCUT2D eigenvalue weighted by molar-refractivity contribution is 5.79. The molecule has 0 aromatic rings. The molecule has 1 aliphatic heterocycles. The Morgan fingerprint density at radius 3 is 2.88 bits per heavy atom. The number of carbonyl (C=O) groups excluding carboxylic acids is 1. The fourth-order valence-electron chi connectivity index (χ4n) is 2.00. The van der Waals surface area contributed by atoms with Gasteiger partial charge in [0.05, 0.1) is 25.7 Å². The van der Waals surface area contributed by atoms with E-state index in [2.05, 4.69) is 5.32 Å². The van der Waals surface area contributed by atoms with Crippen molar-refractivity contribution >= 4 is 5.91 Å². The maximum absolute atomic E-state index is 12.2. The van der Waals surface area contributed by atoms with E-state index in [9.17, 15) is 4.79 Å². The van der Waals surface area contributed by atoms with E-state index in [0.717, 1.165) is 6.54 Å². The van der Waals surface area contributed by atoms with Crippen molar-refractivity contribution in [1.82, 2.24) is 10.2 Å². The Labute approximate surface area is 103 Å². The van der Waals surface area contributed by atoms with Crippen LogP contribution in [-0.2, 0) is 14.3 Å². The quantitative estimate of drug-likeness (QED) is 0.646. The van der Waals surface area contributed by atoms with Crippen molar-refractivity contribution in [2.45, 2.75) is 19.9 Å². The summed E-state index contributed by atoms with van der Waals surface area (Å²) in [6.45, 7) is 7.93. The van der Waals surface area contributed by atoms with Gasteiger partial charge < -0.3 is 19.7 Å². The summed E-state index contributed by atoms with van der Waals surface area (Å²) < 4.78 is 10.6. The van der Waals surface area contributed by atoms with Crippen molar-refractivity contribution < 1.29 is 14.3 Å². The highest BCUT2D eigenvalue weighted by Crippen LogP contribution is 2.16. The van der Waals surface area contributed by atoms with E-state index >= 15 is 0 Å². The van der Waals surface area contributed by atoms with E-state index in [-0.39, 0.29) is 17.9 Å². The van der Waals surface area contributed by atoms with Crippen LogP contribution in [0.4, 0.5) is 0 Å². The predicted octanol–water partition coefficient (Wildman–Crippen LogP) is 0.106. The van der Waals surface area contributed by atoms with Gasteiger partial charge in [-0.3, -0.25) is 4.79 Å². The molecule has 1 saturated heterocycles. The summed E-state index contributed by atoms with van der Waals surface area (Å²) in [5.41, 5.74) is 0. The first-order chi connectivity index (χ1) is 8.20. The van der Waals surface area contributed by atoms with E-state index in [1.807, 2.05) is 20.9 Å². The van der Waals surface area contributed by atoms with Crippen molar-refractivity contribution in [2.75, 3.05) is 46.6 Å². The molecule has 0 radical (unpaired) electrons. The summed E-state index contributed by atoms with van der Waals surface area (Å²) in [5.74, 6) is 0.0923. The Hall–Kier alpha value is -0.650. The SMILES string of the molecule is CCNC1COCC1C(=O)N(C)CCOCC. The van der Waals surface area contributed by atoms with Gasteiger partial charge in [-0.1, -0.05) is 6.92 Å². The maximum atomic E-state index is 12.2. The second-order valence-electron chi connectivity index (χ2n) is 4.26. The van der Waals surface area contributed by atoms with Crippen LogP contribution in [0.3, 0.4) is 0 Å². The number of likely N-dealkylation sites (N-methyl/N-ethyl adjacent to an activating group) is 2. The Balaban J connectivity index is 2.39. The van der Waals surface area contributed by atoms with Gasteiger partial charge in [0.25, 0.3) is 0 Å². The lowest BCUT2D eigenvalue weighted by Crippen LogP contribution is -2.45. The average molecular weight is 244 g/mol. The molecule has 100 valence electrons. The smallest absolute Gasteiger partial charge is 0.229 e. The number of nitrogens with zero attached hydrogens (tertiary/aromatic N) is 1. The predicted molar refractivity (Wildman–Crippen MR) is 65.9 cm³/mol. The first kappa shape index (κ1) is 14.4. The van der Waals surface area contributed by atoms with Gasteiger partial charge in [-0.25, -0.2) is 0 Å². The third-order valence-corrected chi connectivity index (χ3v) is 3.02. The van der Waals surface area contributed by atoms with Crippen LogP contribution in [0.5, 0.6) is 0 Å². The van der Waals surface area contributed by atoms with Crippen molar-refractivity contribution in [3.8, 4) is 0 Å². The molecule has 0 bridgehead atoms. The first-order valence-corrected chi connectivity index (χ1v) is 6.34. The zero-order valence-electron chi connectivity index (χ0n) is 11.1. The molecule has 1 heterocycles. The molecule has 5 heteroatoms. The summed E-state index contributed by atoms with van der Waals surface area (Å²) in [6.07, 6.45) is 0. The highest BCUT2D eigenvalue weighted by Gasteiger charge is 2.34. The molecule has 5 nitrogen and oxygen atoms in total. The molecule has 2 atom stereocenters. The van der Waals surface area contributed by atoms with Gasteiger partial charge in [0.15, 0.2) is 0 Å². The van der Waals surface area contributed by atoms with Crippen LogP contribution in [-0.4, -0.2) is 63.4 Å². The molecule has 1 aliphatic rings. The summed E-state index contributed by atoms with van der Waals surface area (Å²) in [7, 11) is 1.82. The summed E-state index contributed by atoms with van der Waals surface area (Å²) >= 11 is 0. The standard InChI is InChI=1S/C12H24N2O3/c1-4-13-11-9-17-8-10(11)12(15)14(3)6-7-16-5-2/h10-11,13H,4-9H2,1-3H3. The Morgan fingerprint density at radius 2 is 2.24 bits per heavy atom. The zero-order valence-corrected chi connectivity index (χ0v) is 11.1. The van der Waals surface area contributed by atoms with Gasteiger partial charge in [0.1, 0.15) is 0 Å². The van der Waals surface area contributed by atoms with Gasteiger partial charge in [0.2, 0.25) is 5.91 Å². The molecule has 17 heavy (non-hydrogen) atoms. The van der Waals surface area contributed by atoms with Gasteiger partial charge in [-0.2, -0.15) is 0 Å². The van der Waals surface area contributed by atoms with Crippen LogP contribution in [0.2, 0.25) is 0 Å². The molecular weight excluding hydrogens is 220 g/mol. The molecule has 1 fully saturated rings. The fourth-order valence-corrected chi connectivity index (χ4v) is 2.00. The number of nitrogens with one attached hydrogen (secondary N) is 1. The summed E-state index contributed by atoms with van der Waals surface area (Å²) in [4.78, 5) is 13.9. The Morgan fingerprint density at radius 1 is 1.47 bits per heavy atom. The molecule has 0 aliphatic carbocycles. The molecule has 1 rings (SSSR count). The fraction of sp³-hybridized carbons (Fsp3) is 0.917. The maximum Gasteiger partial charge on any atom is 0.229 e. The van der Waals surface area contributed by atoms with Gasteiger partial charge in [-0.05, 0) is 13.5 Å². The zero-order chi connectivity index (χ0) is 12.7. The minimum Gasteiger partial charge on any atom is -0.380 e. The number of ether oxygens (including phenoxy) is 2. The Kier molecular flexibility index (Phi) is 6.47. The lowest BCUT2D eigenvalue weighted by atomic mass is 10.0. The molecule has 0 aromatic heterocycles. The van der Waals surface area contributed by atoms with Gasteiger partial charge in [-0.15, -0.1) is 0 Å². The Bertz CT molecular complexity index is 236. The van der Waals surface area contributed by atoms with Crippen LogP contribution in [0.1, 0.15) is 13.8 Å². The van der Waals surface area contributed by atoms with Crippen LogP contribution < -0.4 is 5.32 Å². The van der Waals surface area contributed by atoms with Gasteiger partial charge >= 0.3 is 0 Å². The van der Waals surface area contributed by atoms with E-state index in [4.69, 9.17) is 9.47 Å². The van der Waals surface area contributed by atoms with Crippen LogP contribution in [0, 0.1) is 5.92 Å². The third kappa shape index (κ3) is 4.26. The molecule has 0 saturated carbocycles. The van der Waals surface area contributed by atoms with Crippen molar-refractivity contribution in [1.29, 1.82) is 0 Å². The first-order valence-electron chi connectivity index (χ1n) is 6.34. The number of rotatable bonds is 7. The highest BCUT2D eigenvalue weighted by atomic mass is 16.5. The number of amides is 1. The lowest BCUT2D eigenvalue weighted by molar-refractivity contribution is -0.135. The molecule has 0 aromatic carbocycles. The van der Waals surface area contributed by atoms with Crippen LogP contribution >= 0.6 is 0 Å². The minimum atomic E-state index is -0.0541. The van der Waals surface area contributed by atoms with E-state index in [0.29, 0.717) is 33.0 Å². The van der Waals surface area contributed by atoms with Crippen molar-refractivity contribution in [3.63, 3.8) is 0 Å². The second kappa shape index (κ2) is 7.63.